The summed E-state index contributed by atoms with van der Waals surface area (Å²) in [7, 11) is 0. The van der Waals surface area contributed by atoms with E-state index in [1.54, 1.807) is 22.6 Å². The standard InChI is InChI=1S/C13H9ClF3IO3/c1-2-12(13(15,16)17)8(11(19)20)4-6-3-7(14)5-9(18)10(6)21-12/h3-5H,2H2,1H3,(H,19,20). The fraction of sp³-hybridized carbons (Fsp3) is 0.308. The van der Waals surface area contributed by atoms with Gasteiger partial charge in [-0.05, 0) is 47.2 Å². The summed E-state index contributed by atoms with van der Waals surface area (Å²) in [5.74, 6) is -1.68. The summed E-state index contributed by atoms with van der Waals surface area (Å²) < 4.78 is 45.9. The molecule has 8 heteroatoms. The second-order valence-corrected chi connectivity index (χ2v) is 6.05. The van der Waals surface area contributed by atoms with Gasteiger partial charge in [-0.1, -0.05) is 18.5 Å². The van der Waals surface area contributed by atoms with E-state index in [1.807, 2.05) is 0 Å². The number of aliphatic carboxylic acids is 1. The van der Waals surface area contributed by atoms with Crippen molar-refractivity contribution in [3.8, 4) is 5.75 Å². The zero-order valence-electron chi connectivity index (χ0n) is 10.6. The minimum atomic E-state index is -4.85. The van der Waals surface area contributed by atoms with Gasteiger partial charge < -0.3 is 9.84 Å². The number of alkyl halides is 3. The Morgan fingerprint density at radius 2 is 2.10 bits per heavy atom. The van der Waals surface area contributed by atoms with Gasteiger partial charge in [0.25, 0.3) is 0 Å². The van der Waals surface area contributed by atoms with Gasteiger partial charge in [0.1, 0.15) is 5.75 Å². The highest BCUT2D eigenvalue weighted by Crippen LogP contribution is 2.48. The Balaban J connectivity index is 2.76. The molecule has 0 fully saturated rings. The van der Waals surface area contributed by atoms with Crippen molar-refractivity contribution in [2.75, 3.05) is 0 Å². The Bertz CT molecular complexity index is 642. The Hall–Kier alpha value is -0.960. The summed E-state index contributed by atoms with van der Waals surface area (Å²) in [6, 6.07) is 2.83. The third kappa shape index (κ3) is 2.61. The second-order valence-electron chi connectivity index (χ2n) is 4.45. The smallest absolute Gasteiger partial charge is 0.432 e. The lowest BCUT2D eigenvalue weighted by Crippen LogP contribution is -2.54. The molecular formula is C13H9ClF3IO3. The van der Waals surface area contributed by atoms with Crippen molar-refractivity contribution in [1.29, 1.82) is 0 Å². The van der Waals surface area contributed by atoms with Crippen LogP contribution in [0.3, 0.4) is 0 Å². The molecule has 0 saturated heterocycles. The molecule has 21 heavy (non-hydrogen) atoms. The first-order valence-corrected chi connectivity index (χ1v) is 7.28. The number of benzene rings is 1. The summed E-state index contributed by atoms with van der Waals surface area (Å²) in [5, 5.41) is 9.44. The van der Waals surface area contributed by atoms with E-state index in [-0.39, 0.29) is 11.3 Å². The number of ether oxygens (including phenoxy) is 1. The maximum Gasteiger partial charge on any atom is 0.432 e. The van der Waals surface area contributed by atoms with Gasteiger partial charge in [0, 0.05) is 10.6 Å². The molecule has 0 saturated carbocycles. The van der Waals surface area contributed by atoms with E-state index < -0.39 is 29.7 Å². The maximum atomic E-state index is 13.5. The van der Waals surface area contributed by atoms with E-state index in [9.17, 15) is 18.0 Å². The first kappa shape index (κ1) is 16.4. The molecule has 0 radical (unpaired) electrons. The number of hydrogen-bond donors (Lipinski definition) is 1. The van der Waals surface area contributed by atoms with Crippen LogP contribution in [-0.2, 0) is 4.79 Å². The van der Waals surface area contributed by atoms with Crippen molar-refractivity contribution < 1.29 is 27.8 Å². The highest BCUT2D eigenvalue weighted by molar-refractivity contribution is 14.1. The van der Waals surface area contributed by atoms with Crippen LogP contribution in [0.4, 0.5) is 13.2 Å². The number of fused-ring (bicyclic) bond motifs is 1. The lowest BCUT2D eigenvalue weighted by Gasteiger charge is -2.39. The molecule has 1 atom stereocenters. The molecule has 1 heterocycles. The summed E-state index contributed by atoms with van der Waals surface area (Å²) in [5.41, 5.74) is -3.49. The SMILES string of the molecule is CCC1(C(F)(F)F)Oc2c(I)cc(Cl)cc2C=C1C(=O)O. The van der Waals surface area contributed by atoms with Crippen molar-refractivity contribution in [3.05, 3.63) is 31.9 Å². The molecule has 0 aromatic heterocycles. The molecule has 3 nitrogen and oxygen atoms in total. The number of carboxylic acids is 1. The average Bonchev–Trinajstić information content (AvgIpc) is 2.35. The van der Waals surface area contributed by atoms with Crippen LogP contribution in [0, 0.1) is 3.57 Å². The van der Waals surface area contributed by atoms with Gasteiger partial charge in [-0.15, -0.1) is 0 Å². The molecule has 2 rings (SSSR count). The summed E-state index contributed by atoms with van der Waals surface area (Å²) in [4.78, 5) is 11.3. The zero-order valence-corrected chi connectivity index (χ0v) is 13.5. The van der Waals surface area contributed by atoms with E-state index in [4.69, 9.17) is 21.4 Å². The minimum absolute atomic E-state index is 0.0100. The molecule has 1 N–H and O–H groups in total. The van der Waals surface area contributed by atoms with Crippen LogP contribution in [0.2, 0.25) is 5.02 Å². The maximum absolute atomic E-state index is 13.5. The minimum Gasteiger partial charge on any atom is -0.478 e. The van der Waals surface area contributed by atoms with Crippen LogP contribution < -0.4 is 4.74 Å². The molecule has 0 aliphatic carbocycles. The van der Waals surface area contributed by atoms with Crippen molar-refractivity contribution in [3.63, 3.8) is 0 Å². The highest BCUT2D eigenvalue weighted by Gasteiger charge is 2.62. The Kier molecular flexibility index (Phi) is 4.18. The van der Waals surface area contributed by atoms with Gasteiger partial charge in [0.15, 0.2) is 0 Å². The Morgan fingerprint density at radius 1 is 1.48 bits per heavy atom. The quantitative estimate of drug-likeness (QED) is 0.699. The summed E-state index contributed by atoms with van der Waals surface area (Å²) >= 11 is 7.65. The van der Waals surface area contributed by atoms with Gasteiger partial charge in [0.2, 0.25) is 5.60 Å². The van der Waals surface area contributed by atoms with Crippen molar-refractivity contribution in [1.82, 2.24) is 0 Å². The van der Waals surface area contributed by atoms with Crippen molar-refractivity contribution in [2.24, 2.45) is 0 Å². The fourth-order valence-corrected chi connectivity index (χ4v) is 3.37. The molecule has 0 bridgehead atoms. The molecular weight excluding hydrogens is 423 g/mol. The van der Waals surface area contributed by atoms with Crippen LogP contribution in [0.25, 0.3) is 6.08 Å². The number of carboxylic acid groups (broad SMARTS) is 1. The molecule has 1 aromatic rings. The molecule has 1 aliphatic rings. The van der Waals surface area contributed by atoms with E-state index in [0.29, 0.717) is 8.59 Å². The molecule has 1 unspecified atom stereocenters. The van der Waals surface area contributed by atoms with E-state index in [1.165, 1.54) is 19.1 Å². The predicted molar refractivity (Wildman–Crippen MR) is 79.5 cm³/mol. The second kappa shape index (κ2) is 5.35. The normalized spacial score (nSPS) is 21.3. The fourth-order valence-electron chi connectivity index (χ4n) is 2.20. The lowest BCUT2D eigenvalue weighted by atomic mass is 9.86. The number of rotatable bonds is 2. The topological polar surface area (TPSA) is 46.5 Å². The molecule has 1 aliphatic heterocycles. The van der Waals surface area contributed by atoms with Gasteiger partial charge in [-0.25, -0.2) is 4.79 Å². The van der Waals surface area contributed by atoms with Crippen LogP contribution >= 0.6 is 34.2 Å². The highest BCUT2D eigenvalue weighted by atomic mass is 127. The van der Waals surface area contributed by atoms with Crippen LogP contribution in [0.5, 0.6) is 5.75 Å². The number of halogens is 5. The van der Waals surface area contributed by atoms with Crippen molar-refractivity contribution >= 4 is 46.2 Å². The Labute approximate surface area is 136 Å². The van der Waals surface area contributed by atoms with E-state index in [0.717, 1.165) is 6.08 Å². The molecule has 114 valence electrons. The molecule has 0 amide bonds. The molecule has 0 spiro atoms. The lowest BCUT2D eigenvalue weighted by molar-refractivity contribution is -0.236. The van der Waals surface area contributed by atoms with Crippen LogP contribution in [0.15, 0.2) is 17.7 Å². The van der Waals surface area contributed by atoms with Gasteiger partial charge in [-0.3, -0.25) is 0 Å². The predicted octanol–water partition coefficient (Wildman–Crippen LogP) is 4.52. The summed E-state index contributed by atoms with van der Waals surface area (Å²) in [6.07, 6.45) is -4.43. The zero-order chi connectivity index (χ0) is 16.0. The number of hydrogen-bond acceptors (Lipinski definition) is 2. The Morgan fingerprint density at radius 3 is 2.57 bits per heavy atom. The van der Waals surface area contributed by atoms with Crippen LogP contribution in [0.1, 0.15) is 18.9 Å². The summed E-state index contributed by atoms with van der Waals surface area (Å²) in [6.45, 7) is 1.23. The monoisotopic (exact) mass is 432 g/mol. The average molecular weight is 433 g/mol. The first-order valence-electron chi connectivity index (χ1n) is 5.82. The first-order chi connectivity index (χ1) is 9.62. The number of carbonyl (C=O) groups is 1. The largest absolute Gasteiger partial charge is 0.478 e. The van der Waals surface area contributed by atoms with Gasteiger partial charge >= 0.3 is 12.1 Å². The molecule has 1 aromatic carbocycles. The third-order valence-electron chi connectivity index (χ3n) is 3.23. The van der Waals surface area contributed by atoms with E-state index in [2.05, 4.69) is 0 Å². The van der Waals surface area contributed by atoms with E-state index >= 15 is 0 Å². The van der Waals surface area contributed by atoms with Gasteiger partial charge in [-0.2, -0.15) is 13.2 Å². The van der Waals surface area contributed by atoms with Gasteiger partial charge in [0.05, 0.1) is 9.14 Å². The van der Waals surface area contributed by atoms with Crippen molar-refractivity contribution in [2.45, 2.75) is 25.1 Å². The van der Waals surface area contributed by atoms with Crippen LogP contribution in [-0.4, -0.2) is 22.9 Å². The third-order valence-corrected chi connectivity index (χ3v) is 4.25.